The number of benzene rings is 1. The second-order valence-electron chi connectivity index (χ2n) is 6.13. The summed E-state index contributed by atoms with van der Waals surface area (Å²) >= 11 is 0. The molecule has 3 heterocycles. The molecule has 1 fully saturated rings. The van der Waals surface area contributed by atoms with Gasteiger partial charge in [0.2, 0.25) is 0 Å². The quantitative estimate of drug-likeness (QED) is 0.734. The summed E-state index contributed by atoms with van der Waals surface area (Å²) in [5.74, 6) is 0. The minimum atomic E-state index is -0.0670. The van der Waals surface area contributed by atoms with Gasteiger partial charge in [0.1, 0.15) is 11.7 Å². The first kappa shape index (κ1) is 15.0. The van der Waals surface area contributed by atoms with Crippen molar-refractivity contribution in [1.29, 1.82) is 0 Å². The first-order valence-electron chi connectivity index (χ1n) is 8.18. The largest absolute Gasteiger partial charge is 0.314 e. The molecule has 1 aliphatic heterocycles. The zero-order valence-corrected chi connectivity index (χ0v) is 13.4. The Hall–Kier alpha value is -2.51. The van der Waals surface area contributed by atoms with Crippen molar-refractivity contribution < 1.29 is 0 Å². The molecule has 0 bridgehead atoms. The van der Waals surface area contributed by atoms with Gasteiger partial charge in [0, 0.05) is 31.9 Å². The van der Waals surface area contributed by atoms with Gasteiger partial charge < -0.3 is 5.32 Å². The van der Waals surface area contributed by atoms with Crippen LogP contribution in [0.5, 0.6) is 0 Å². The van der Waals surface area contributed by atoms with E-state index in [0.29, 0.717) is 23.7 Å². The highest BCUT2D eigenvalue weighted by Crippen LogP contribution is 2.12. The summed E-state index contributed by atoms with van der Waals surface area (Å²) in [6.45, 7) is 3.29. The molecule has 24 heavy (non-hydrogen) atoms. The number of rotatable bonds is 4. The minimum Gasteiger partial charge on any atom is -0.314 e. The van der Waals surface area contributed by atoms with Gasteiger partial charge in [-0.25, -0.2) is 14.6 Å². The normalized spacial score (nSPS) is 18.9. The predicted octanol–water partition coefficient (Wildman–Crippen LogP) is 0.594. The number of nitrogens with one attached hydrogen (secondary N) is 2. The van der Waals surface area contributed by atoms with Gasteiger partial charge >= 0.3 is 0 Å². The summed E-state index contributed by atoms with van der Waals surface area (Å²) in [5.41, 5.74) is 1.83. The molecule has 0 saturated carbocycles. The van der Waals surface area contributed by atoms with Crippen LogP contribution in [0.2, 0.25) is 0 Å². The van der Waals surface area contributed by atoms with Crippen molar-refractivity contribution in [3.05, 3.63) is 58.8 Å². The van der Waals surface area contributed by atoms with Crippen molar-refractivity contribution in [2.75, 3.05) is 19.6 Å². The predicted molar refractivity (Wildman–Crippen MR) is 91.7 cm³/mol. The van der Waals surface area contributed by atoms with Gasteiger partial charge in [-0.15, -0.1) is 0 Å². The summed E-state index contributed by atoms with van der Waals surface area (Å²) in [7, 11) is 0. The number of nitrogens with zero attached hydrogens (tertiary/aromatic N) is 4. The summed E-state index contributed by atoms with van der Waals surface area (Å²) in [5, 5.41) is 7.07. The fraction of sp³-hybridized carbons (Fsp3) is 0.353. The zero-order valence-electron chi connectivity index (χ0n) is 13.4. The maximum Gasteiger partial charge on any atom is 0.278 e. The molecule has 0 radical (unpaired) electrons. The van der Waals surface area contributed by atoms with Crippen LogP contribution in [-0.4, -0.2) is 50.3 Å². The lowest BCUT2D eigenvalue weighted by atomic mass is 10.0. The van der Waals surface area contributed by atoms with E-state index < -0.39 is 0 Å². The highest BCUT2D eigenvalue weighted by Gasteiger charge is 2.23. The van der Waals surface area contributed by atoms with Crippen molar-refractivity contribution in [1.82, 2.24) is 30.0 Å². The van der Waals surface area contributed by atoms with Crippen LogP contribution in [-0.2, 0) is 13.1 Å². The van der Waals surface area contributed by atoms with E-state index in [1.165, 1.54) is 11.9 Å². The van der Waals surface area contributed by atoms with E-state index in [2.05, 4.69) is 49.5 Å². The van der Waals surface area contributed by atoms with E-state index in [0.717, 1.165) is 26.1 Å². The number of hydrogen-bond acceptors (Lipinski definition) is 5. The van der Waals surface area contributed by atoms with Gasteiger partial charge in [0.15, 0.2) is 5.65 Å². The molecule has 0 amide bonds. The van der Waals surface area contributed by atoms with Gasteiger partial charge in [-0.3, -0.25) is 14.8 Å². The molecule has 124 valence electrons. The fourth-order valence-corrected chi connectivity index (χ4v) is 3.26. The lowest BCUT2D eigenvalue weighted by Gasteiger charge is -2.36. The second-order valence-corrected chi connectivity index (χ2v) is 6.13. The second kappa shape index (κ2) is 6.54. The van der Waals surface area contributed by atoms with Crippen molar-refractivity contribution in [2.24, 2.45) is 0 Å². The average molecular weight is 324 g/mol. The average Bonchev–Trinajstić information content (AvgIpc) is 2.94. The number of aromatic amines is 1. The smallest absolute Gasteiger partial charge is 0.278 e. The van der Waals surface area contributed by atoms with E-state index in [1.807, 2.05) is 6.07 Å². The van der Waals surface area contributed by atoms with Gasteiger partial charge in [-0.1, -0.05) is 30.3 Å². The van der Waals surface area contributed by atoms with Gasteiger partial charge in [-0.2, -0.15) is 0 Å². The number of aromatic nitrogens is 4. The summed E-state index contributed by atoms with van der Waals surface area (Å²) in [4.78, 5) is 22.9. The Morgan fingerprint density at radius 1 is 1.25 bits per heavy atom. The Balaban J connectivity index is 1.56. The molecule has 4 rings (SSSR count). The van der Waals surface area contributed by atoms with E-state index in [9.17, 15) is 4.79 Å². The van der Waals surface area contributed by atoms with E-state index in [-0.39, 0.29) is 5.56 Å². The molecular weight excluding hydrogens is 304 g/mol. The highest BCUT2D eigenvalue weighted by atomic mass is 16.1. The Kier molecular flexibility index (Phi) is 4.10. The maximum atomic E-state index is 12.5. The lowest BCUT2D eigenvalue weighted by molar-refractivity contribution is 0.114. The summed E-state index contributed by atoms with van der Waals surface area (Å²) in [6, 6.07) is 10.8. The Morgan fingerprint density at radius 2 is 2.12 bits per heavy atom. The van der Waals surface area contributed by atoms with Crippen molar-refractivity contribution in [3.63, 3.8) is 0 Å². The van der Waals surface area contributed by atoms with Crippen molar-refractivity contribution >= 4 is 11.0 Å². The Labute approximate surface area is 139 Å². The number of fused-ring (bicyclic) bond motifs is 1. The Morgan fingerprint density at radius 3 is 2.96 bits per heavy atom. The molecule has 1 aliphatic rings. The number of piperazine rings is 1. The van der Waals surface area contributed by atoms with Gasteiger partial charge in [0.25, 0.3) is 5.56 Å². The van der Waals surface area contributed by atoms with Crippen LogP contribution in [0.25, 0.3) is 11.0 Å². The fourth-order valence-electron chi connectivity index (χ4n) is 3.26. The van der Waals surface area contributed by atoms with Crippen LogP contribution in [0.15, 0.2) is 47.7 Å². The molecule has 7 heteroatoms. The maximum absolute atomic E-state index is 12.5. The SMILES string of the molecule is O=c1c2cncnc2[nH]n1CN1CCNCC1Cc1ccccc1. The van der Waals surface area contributed by atoms with E-state index in [4.69, 9.17) is 0 Å². The van der Waals surface area contributed by atoms with Gasteiger partial charge in [-0.05, 0) is 12.0 Å². The highest BCUT2D eigenvalue weighted by molar-refractivity contribution is 5.71. The molecule has 0 spiro atoms. The van der Waals surface area contributed by atoms with Gasteiger partial charge in [0.05, 0.1) is 6.67 Å². The van der Waals surface area contributed by atoms with Crippen LogP contribution >= 0.6 is 0 Å². The third-order valence-corrected chi connectivity index (χ3v) is 4.54. The molecule has 3 aromatic rings. The Bertz CT molecular complexity index is 871. The lowest BCUT2D eigenvalue weighted by Crippen LogP contribution is -2.53. The molecule has 0 aliphatic carbocycles. The van der Waals surface area contributed by atoms with Crippen molar-refractivity contribution in [2.45, 2.75) is 19.1 Å². The third-order valence-electron chi connectivity index (χ3n) is 4.54. The topological polar surface area (TPSA) is 78.8 Å². The standard InChI is InChI=1S/C17H20N6O/c24-17-15-10-19-11-20-16(15)21-23(17)12-22-7-6-18-9-14(22)8-13-4-2-1-3-5-13/h1-5,10-11,14,18H,6-9,12H2,(H,19,20,21). The molecular formula is C17H20N6O. The van der Waals surface area contributed by atoms with E-state index in [1.54, 1.807) is 10.9 Å². The number of H-pyrrole nitrogens is 1. The van der Waals surface area contributed by atoms with Crippen LogP contribution in [0, 0.1) is 0 Å². The molecule has 2 aromatic heterocycles. The zero-order chi connectivity index (χ0) is 16.4. The molecule has 7 nitrogen and oxygen atoms in total. The van der Waals surface area contributed by atoms with Crippen LogP contribution < -0.4 is 10.9 Å². The van der Waals surface area contributed by atoms with Crippen LogP contribution in [0.1, 0.15) is 5.56 Å². The van der Waals surface area contributed by atoms with E-state index >= 15 is 0 Å². The number of hydrogen-bond donors (Lipinski definition) is 2. The molecule has 2 N–H and O–H groups in total. The molecule has 1 saturated heterocycles. The third kappa shape index (κ3) is 2.95. The molecule has 1 unspecified atom stereocenters. The monoisotopic (exact) mass is 324 g/mol. The van der Waals surface area contributed by atoms with Crippen molar-refractivity contribution in [3.8, 4) is 0 Å². The molecule has 1 atom stereocenters. The first-order chi connectivity index (χ1) is 11.8. The summed E-state index contributed by atoms with van der Waals surface area (Å²) in [6.07, 6.45) is 3.98. The van der Waals surface area contributed by atoms with Crippen LogP contribution in [0.3, 0.4) is 0 Å². The minimum absolute atomic E-state index is 0.0670. The summed E-state index contributed by atoms with van der Waals surface area (Å²) < 4.78 is 1.63. The molecule has 1 aromatic carbocycles. The van der Waals surface area contributed by atoms with Crippen LogP contribution in [0.4, 0.5) is 0 Å². The first-order valence-corrected chi connectivity index (χ1v) is 8.18.